The van der Waals surface area contributed by atoms with Gasteiger partial charge in [-0.3, -0.25) is 20.2 Å². The van der Waals surface area contributed by atoms with Crippen LogP contribution in [0.25, 0.3) is 0 Å². The van der Waals surface area contributed by atoms with Gasteiger partial charge in [0.1, 0.15) is 5.69 Å². The molecule has 1 heterocycles. The highest BCUT2D eigenvalue weighted by Gasteiger charge is 2.26. The van der Waals surface area contributed by atoms with Crippen molar-refractivity contribution in [3.05, 3.63) is 68.3 Å². The molecule has 7 nitrogen and oxygen atoms in total. The highest BCUT2D eigenvalue weighted by Crippen LogP contribution is 2.39. The molecular weight excluding hydrogens is 286 g/mol. The summed E-state index contributed by atoms with van der Waals surface area (Å²) in [4.78, 5) is 22.8. The van der Waals surface area contributed by atoms with Crippen LogP contribution in [0.3, 0.4) is 0 Å². The summed E-state index contributed by atoms with van der Waals surface area (Å²) in [6.45, 7) is 0.648. The summed E-state index contributed by atoms with van der Waals surface area (Å²) in [6, 6.07) is 11.5. The quantitative estimate of drug-likeness (QED) is 0.638. The second-order valence-corrected chi connectivity index (χ2v) is 5.07. The minimum Gasteiger partial charge on any atom is -0.336 e. The molecule has 0 saturated heterocycles. The van der Waals surface area contributed by atoms with Gasteiger partial charge >= 0.3 is 0 Å². The average molecular weight is 299 g/mol. The second kappa shape index (κ2) is 5.44. The number of fused-ring (bicyclic) bond motifs is 1. The van der Waals surface area contributed by atoms with Gasteiger partial charge in [0.25, 0.3) is 11.4 Å². The highest BCUT2D eigenvalue weighted by molar-refractivity contribution is 5.76. The van der Waals surface area contributed by atoms with Crippen molar-refractivity contribution in [2.45, 2.75) is 12.8 Å². The Kier molecular flexibility index (Phi) is 3.46. The van der Waals surface area contributed by atoms with E-state index < -0.39 is 9.85 Å². The summed E-state index contributed by atoms with van der Waals surface area (Å²) in [5, 5.41) is 22.1. The molecule has 0 aliphatic carbocycles. The van der Waals surface area contributed by atoms with E-state index in [-0.39, 0.29) is 11.4 Å². The van der Waals surface area contributed by atoms with Gasteiger partial charge in [0.15, 0.2) is 0 Å². The SMILES string of the molecule is O=[N+]([O-])c1ccc(N2CCCc3ccccc32)c([N+](=O)[O-])c1. The van der Waals surface area contributed by atoms with Gasteiger partial charge in [-0.25, -0.2) is 0 Å². The molecule has 112 valence electrons. The van der Waals surface area contributed by atoms with Crippen LogP contribution in [0.1, 0.15) is 12.0 Å². The summed E-state index contributed by atoms with van der Waals surface area (Å²) in [5.41, 5.74) is 1.92. The Balaban J connectivity index is 2.13. The predicted molar refractivity (Wildman–Crippen MR) is 81.5 cm³/mol. The summed E-state index contributed by atoms with van der Waals surface area (Å²) in [5.74, 6) is 0. The Bertz CT molecular complexity index is 760. The Morgan fingerprint density at radius 1 is 0.955 bits per heavy atom. The number of rotatable bonds is 3. The molecule has 1 aliphatic heterocycles. The molecule has 1 aliphatic rings. The molecule has 2 aromatic rings. The van der Waals surface area contributed by atoms with Crippen LogP contribution in [0.2, 0.25) is 0 Å². The number of nitrogens with zero attached hydrogens (tertiary/aromatic N) is 3. The number of hydrogen-bond acceptors (Lipinski definition) is 5. The standard InChI is InChI=1S/C15H13N3O4/c19-17(20)12-7-8-14(15(10-12)18(21)22)16-9-3-5-11-4-1-2-6-13(11)16/h1-2,4,6-8,10H,3,5,9H2. The van der Waals surface area contributed by atoms with Crippen molar-refractivity contribution in [1.29, 1.82) is 0 Å². The molecule has 3 rings (SSSR count). The summed E-state index contributed by atoms with van der Waals surface area (Å²) >= 11 is 0. The first kappa shape index (κ1) is 14.0. The number of para-hydroxylation sites is 1. The van der Waals surface area contributed by atoms with Crippen molar-refractivity contribution in [2.24, 2.45) is 0 Å². The van der Waals surface area contributed by atoms with E-state index in [1.165, 1.54) is 12.1 Å². The van der Waals surface area contributed by atoms with Crippen molar-refractivity contribution in [3.8, 4) is 0 Å². The van der Waals surface area contributed by atoms with E-state index in [0.717, 1.165) is 30.2 Å². The predicted octanol–water partition coefficient (Wildman–Crippen LogP) is 3.59. The van der Waals surface area contributed by atoms with Crippen molar-refractivity contribution < 1.29 is 9.85 Å². The van der Waals surface area contributed by atoms with E-state index in [4.69, 9.17) is 0 Å². The molecule has 0 aromatic heterocycles. The minimum absolute atomic E-state index is 0.245. The highest BCUT2D eigenvalue weighted by atomic mass is 16.6. The molecule has 0 bridgehead atoms. The topological polar surface area (TPSA) is 89.5 Å². The fourth-order valence-electron chi connectivity index (χ4n) is 2.78. The van der Waals surface area contributed by atoms with Gasteiger partial charge in [-0.05, 0) is 30.5 Å². The third-order valence-electron chi connectivity index (χ3n) is 3.77. The molecule has 0 unspecified atom stereocenters. The molecule has 0 spiro atoms. The van der Waals surface area contributed by atoms with Crippen LogP contribution in [0, 0.1) is 20.2 Å². The van der Waals surface area contributed by atoms with E-state index in [1.54, 1.807) is 0 Å². The monoisotopic (exact) mass is 299 g/mol. The Morgan fingerprint density at radius 3 is 2.45 bits per heavy atom. The number of anilines is 2. The zero-order valence-electron chi connectivity index (χ0n) is 11.6. The third-order valence-corrected chi connectivity index (χ3v) is 3.77. The third kappa shape index (κ3) is 2.37. The molecule has 2 aromatic carbocycles. The van der Waals surface area contributed by atoms with Gasteiger partial charge in [-0.1, -0.05) is 18.2 Å². The number of hydrogen-bond donors (Lipinski definition) is 0. The molecule has 0 N–H and O–H groups in total. The van der Waals surface area contributed by atoms with Crippen LogP contribution in [-0.4, -0.2) is 16.4 Å². The van der Waals surface area contributed by atoms with E-state index in [2.05, 4.69) is 0 Å². The van der Waals surface area contributed by atoms with Gasteiger partial charge in [-0.15, -0.1) is 0 Å². The first-order chi connectivity index (χ1) is 10.6. The maximum Gasteiger partial charge on any atom is 0.299 e. The van der Waals surface area contributed by atoms with Gasteiger partial charge in [0.05, 0.1) is 15.9 Å². The summed E-state index contributed by atoms with van der Waals surface area (Å²) in [7, 11) is 0. The summed E-state index contributed by atoms with van der Waals surface area (Å²) < 4.78 is 0. The molecular formula is C15H13N3O4. The van der Waals surface area contributed by atoms with Crippen LogP contribution in [0.15, 0.2) is 42.5 Å². The Morgan fingerprint density at radius 2 is 1.73 bits per heavy atom. The van der Waals surface area contributed by atoms with E-state index in [0.29, 0.717) is 12.2 Å². The van der Waals surface area contributed by atoms with Gasteiger partial charge < -0.3 is 4.90 Å². The zero-order valence-corrected chi connectivity index (χ0v) is 11.6. The lowest BCUT2D eigenvalue weighted by Crippen LogP contribution is -2.25. The Hall–Kier alpha value is -2.96. The van der Waals surface area contributed by atoms with E-state index in [1.807, 2.05) is 29.2 Å². The molecule has 22 heavy (non-hydrogen) atoms. The van der Waals surface area contributed by atoms with Crippen molar-refractivity contribution in [3.63, 3.8) is 0 Å². The maximum absolute atomic E-state index is 11.3. The number of nitro groups is 2. The fraction of sp³-hybridized carbons (Fsp3) is 0.200. The van der Waals surface area contributed by atoms with Crippen LogP contribution in [0.5, 0.6) is 0 Å². The van der Waals surface area contributed by atoms with Crippen molar-refractivity contribution in [1.82, 2.24) is 0 Å². The average Bonchev–Trinajstić information content (AvgIpc) is 2.53. The molecule has 0 saturated carbocycles. The van der Waals surface area contributed by atoms with Crippen LogP contribution < -0.4 is 4.90 Å². The van der Waals surface area contributed by atoms with Crippen LogP contribution in [0.4, 0.5) is 22.7 Å². The lowest BCUT2D eigenvalue weighted by atomic mass is 10.0. The van der Waals surface area contributed by atoms with E-state index >= 15 is 0 Å². The Labute approximate surface area is 126 Å². The first-order valence-electron chi connectivity index (χ1n) is 6.86. The molecule has 0 fully saturated rings. The minimum atomic E-state index is -0.624. The van der Waals surface area contributed by atoms with Crippen molar-refractivity contribution in [2.75, 3.05) is 11.4 Å². The molecule has 7 heteroatoms. The number of nitro benzene ring substituents is 2. The van der Waals surface area contributed by atoms with Crippen LogP contribution in [-0.2, 0) is 6.42 Å². The van der Waals surface area contributed by atoms with Gasteiger partial charge in [0, 0.05) is 18.3 Å². The zero-order chi connectivity index (χ0) is 15.7. The maximum atomic E-state index is 11.3. The smallest absolute Gasteiger partial charge is 0.299 e. The van der Waals surface area contributed by atoms with E-state index in [9.17, 15) is 20.2 Å². The number of benzene rings is 2. The van der Waals surface area contributed by atoms with Crippen molar-refractivity contribution >= 4 is 22.7 Å². The molecule has 0 atom stereocenters. The van der Waals surface area contributed by atoms with Gasteiger partial charge in [0.2, 0.25) is 0 Å². The molecule has 0 radical (unpaired) electrons. The summed E-state index contributed by atoms with van der Waals surface area (Å²) in [6.07, 6.45) is 1.80. The lowest BCUT2D eigenvalue weighted by molar-refractivity contribution is -0.393. The number of aryl methyl sites for hydroxylation is 1. The lowest BCUT2D eigenvalue weighted by Gasteiger charge is -2.30. The first-order valence-corrected chi connectivity index (χ1v) is 6.86. The van der Waals surface area contributed by atoms with Crippen LogP contribution >= 0.6 is 0 Å². The fourth-order valence-corrected chi connectivity index (χ4v) is 2.78. The molecule has 0 amide bonds. The van der Waals surface area contributed by atoms with Gasteiger partial charge in [-0.2, -0.15) is 0 Å². The normalized spacial score (nSPS) is 13.5. The largest absolute Gasteiger partial charge is 0.336 e. The second-order valence-electron chi connectivity index (χ2n) is 5.07. The number of non-ortho nitro benzene ring substituents is 1.